The first-order valence-electron chi connectivity index (χ1n) is 9.31. The maximum absolute atomic E-state index is 12.8. The van der Waals surface area contributed by atoms with Crippen LogP contribution in [0.1, 0.15) is 58.1 Å². The molecule has 1 amide bonds. The predicted molar refractivity (Wildman–Crippen MR) is 101 cm³/mol. The molecule has 0 fully saturated rings. The quantitative estimate of drug-likeness (QED) is 0.671. The van der Waals surface area contributed by atoms with Crippen molar-refractivity contribution in [3.63, 3.8) is 0 Å². The molecule has 0 radical (unpaired) electrons. The molecule has 0 aliphatic carbocycles. The Kier molecular flexibility index (Phi) is 6.83. The topological polar surface area (TPSA) is 66.8 Å². The van der Waals surface area contributed by atoms with Crippen LogP contribution in [0, 0.1) is 5.92 Å². The Morgan fingerprint density at radius 3 is 2.42 bits per heavy atom. The van der Waals surface area contributed by atoms with Gasteiger partial charge in [0.15, 0.2) is 11.5 Å². The summed E-state index contributed by atoms with van der Waals surface area (Å²) in [6.45, 7) is 6.52. The van der Waals surface area contributed by atoms with Crippen molar-refractivity contribution >= 4 is 11.7 Å². The summed E-state index contributed by atoms with van der Waals surface area (Å²) in [6, 6.07) is 6.79. The first kappa shape index (κ1) is 20.0. The van der Waals surface area contributed by atoms with Crippen molar-refractivity contribution in [3.05, 3.63) is 41.2 Å². The van der Waals surface area contributed by atoms with Gasteiger partial charge in [0.05, 0.1) is 18.7 Å². The zero-order valence-corrected chi connectivity index (χ0v) is 16.1. The molecular weight excluding hydrogens is 330 g/mol. The van der Waals surface area contributed by atoms with Crippen molar-refractivity contribution in [2.75, 3.05) is 13.7 Å². The van der Waals surface area contributed by atoms with Gasteiger partial charge in [-0.3, -0.25) is 9.59 Å². The van der Waals surface area contributed by atoms with E-state index in [1.165, 1.54) is 0 Å². The molecule has 0 spiro atoms. The number of rotatable bonds is 9. The normalized spacial score (nSPS) is 17.3. The number of carbonyl (C=O) groups excluding carboxylic acids is 2. The van der Waals surface area contributed by atoms with Crippen molar-refractivity contribution in [1.29, 1.82) is 0 Å². The number of amides is 1. The molecule has 142 valence electrons. The van der Waals surface area contributed by atoms with E-state index in [4.69, 9.17) is 4.74 Å². The number of benzene rings is 1. The minimum absolute atomic E-state index is 0.156. The lowest BCUT2D eigenvalue weighted by Crippen LogP contribution is -2.32. The van der Waals surface area contributed by atoms with Crippen molar-refractivity contribution < 1.29 is 19.4 Å². The first-order chi connectivity index (χ1) is 12.4. The fourth-order valence-electron chi connectivity index (χ4n) is 3.31. The third-order valence-corrected chi connectivity index (χ3v) is 4.63. The Bertz CT molecular complexity index is 676. The number of hydrogen-bond donors (Lipinski definition) is 1. The standard InChI is InChI=1S/C21H29NO4/c1-5-6-7-12-22-19(15-8-10-16(26-4)11-9-15)18(20(24)21(22)25)17(23)13-14(2)3/h8-11,14,19,24H,5-7,12-13H2,1-4H3. The molecule has 0 saturated heterocycles. The average Bonchev–Trinajstić information content (AvgIpc) is 2.86. The maximum Gasteiger partial charge on any atom is 0.290 e. The number of carbonyl (C=O) groups is 2. The first-order valence-corrected chi connectivity index (χ1v) is 9.31. The van der Waals surface area contributed by atoms with E-state index >= 15 is 0 Å². The van der Waals surface area contributed by atoms with Crippen LogP contribution in [0.2, 0.25) is 0 Å². The average molecular weight is 359 g/mol. The van der Waals surface area contributed by atoms with E-state index in [0.717, 1.165) is 24.8 Å². The molecule has 1 aliphatic heterocycles. The van der Waals surface area contributed by atoms with Crippen LogP contribution >= 0.6 is 0 Å². The van der Waals surface area contributed by atoms with Gasteiger partial charge in [0.25, 0.3) is 5.91 Å². The molecule has 1 aromatic rings. The third kappa shape index (κ3) is 4.26. The molecule has 1 atom stereocenters. The van der Waals surface area contributed by atoms with Crippen LogP contribution in [-0.2, 0) is 9.59 Å². The van der Waals surface area contributed by atoms with Crippen LogP contribution in [-0.4, -0.2) is 35.4 Å². The zero-order chi connectivity index (χ0) is 19.3. The molecule has 1 unspecified atom stereocenters. The van der Waals surface area contributed by atoms with Gasteiger partial charge in [0.1, 0.15) is 5.75 Å². The van der Waals surface area contributed by atoms with Gasteiger partial charge in [-0.05, 0) is 30.0 Å². The molecule has 1 N–H and O–H groups in total. The molecular formula is C21H29NO4. The van der Waals surface area contributed by atoms with Crippen LogP contribution in [0.4, 0.5) is 0 Å². The Labute approximate surface area is 155 Å². The maximum atomic E-state index is 12.8. The summed E-state index contributed by atoms with van der Waals surface area (Å²) < 4.78 is 5.20. The van der Waals surface area contributed by atoms with Gasteiger partial charge in [-0.2, -0.15) is 0 Å². The second-order valence-corrected chi connectivity index (χ2v) is 7.16. The second kappa shape index (κ2) is 8.88. The number of hydrogen-bond acceptors (Lipinski definition) is 4. The van der Waals surface area contributed by atoms with Crippen LogP contribution in [0.3, 0.4) is 0 Å². The summed E-state index contributed by atoms with van der Waals surface area (Å²) in [5.41, 5.74) is 1.04. The molecule has 0 saturated carbocycles. The smallest absolute Gasteiger partial charge is 0.290 e. The summed E-state index contributed by atoms with van der Waals surface area (Å²) in [7, 11) is 1.59. The Morgan fingerprint density at radius 1 is 1.23 bits per heavy atom. The second-order valence-electron chi connectivity index (χ2n) is 7.16. The highest BCUT2D eigenvalue weighted by atomic mass is 16.5. The minimum Gasteiger partial charge on any atom is -0.503 e. The number of ketones is 1. The number of unbranched alkanes of at least 4 members (excludes halogenated alkanes) is 2. The highest BCUT2D eigenvalue weighted by Gasteiger charge is 2.42. The highest BCUT2D eigenvalue weighted by molar-refractivity contribution is 6.09. The number of methoxy groups -OCH3 is 1. The fourth-order valence-corrected chi connectivity index (χ4v) is 3.31. The molecule has 5 heteroatoms. The van der Waals surface area contributed by atoms with E-state index in [9.17, 15) is 14.7 Å². The van der Waals surface area contributed by atoms with Crippen molar-refractivity contribution in [1.82, 2.24) is 4.90 Å². The molecule has 1 heterocycles. The number of Topliss-reactive ketones (excluding diaryl/α,β-unsaturated/α-hetero) is 1. The van der Waals surface area contributed by atoms with E-state index in [1.54, 1.807) is 12.0 Å². The lowest BCUT2D eigenvalue weighted by Gasteiger charge is -2.27. The summed E-state index contributed by atoms with van der Waals surface area (Å²) in [5, 5.41) is 10.4. The summed E-state index contributed by atoms with van der Waals surface area (Å²) in [4.78, 5) is 27.0. The van der Waals surface area contributed by atoms with Crippen molar-refractivity contribution in [2.45, 2.75) is 52.5 Å². The van der Waals surface area contributed by atoms with Gasteiger partial charge in [-0.15, -0.1) is 0 Å². The lowest BCUT2D eigenvalue weighted by molar-refractivity contribution is -0.129. The van der Waals surface area contributed by atoms with E-state index in [-0.39, 0.29) is 17.3 Å². The summed E-state index contributed by atoms with van der Waals surface area (Å²) >= 11 is 0. The predicted octanol–water partition coefficient (Wildman–Crippen LogP) is 4.20. The van der Waals surface area contributed by atoms with Gasteiger partial charge < -0.3 is 14.7 Å². The zero-order valence-electron chi connectivity index (χ0n) is 16.1. The largest absolute Gasteiger partial charge is 0.503 e. The lowest BCUT2D eigenvalue weighted by atomic mass is 9.92. The Hall–Kier alpha value is -2.30. The fraction of sp³-hybridized carbons (Fsp3) is 0.524. The molecule has 2 rings (SSSR count). The molecule has 5 nitrogen and oxygen atoms in total. The third-order valence-electron chi connectivity index (χ3n) is 4.63. The summed E-state index contributed by atoms with van der Waals surface area (Å²) in [5.74, 6) is -0.144. The molecule has 1 aromatic carbocycles. The van der Waals surface area contributed by atoms with Crippen molar-refractivity contribution in [2.24, 2.45) is 5.92 Å². The molecule has 0 bridgehead atoms. The van der Waals surface area contributed by atoms with Gasteiger partial charge in [-0.25, -0.2) is 0 Å². The van der Waals surface area contributed by atoms with Crippen LogP contribution in [0.25, 0.3) is 0 Å². The van der Waals surface area contributed by atoms with Gasteiger partial charge in [-0.1, -0.05) is 45.7 Å². The van der Waals surface area contributed by atoms with E-state index in [2.05, 4.69) is 6.92 Å². The van der Waals surface area contributed by atoms with E-state index < -0.39 is 17.7 Å². The van der Waals surface area contributed by atoms with Gasteiger partial charge in [0.2, 0.25) is 0 Å². The van der Waals surface area contributed by atoms with Crippen LogP contribution in [0.15, 0.2) is 35.6 Å². The van der Waals surface area contributed by atoms with Crippen LogP contribution < -0.4 is 4.74 Å². The van der Waals surface area contributed by atoms with E-state index in [0.29, 0.717) is 18.7 Å². The Morgan fingerprint density at radius 2 is 1.88 bits per heavy atom. The number of ether oxygens (including phenoxy) is 1. The number of aliphatic hydroxyl groups is 1. The molecule has 1 aliphatic rings. The highest BCUT2D eigenvalue weighted by Crippen LogP contribution is 2.39. The Balaban J connectivity index is 2.40. The number of nitrogens with zero attached hydrogens (tertiary/aromatic N) is 1. The van der Waals surface area contributed by atoms with Crippen molar-refractivity contribution in [3.8, 4) is 5.75 Å². The minimum atomic E-state index is -0.531. The molecule has 26 heavy (non-hydrogen) atoms. The van der Waals surface area contributed by atoms with E-state index in [1.807, 2.05) is 38.1 Å². The van der Waals surface area contributed by atoms with Crippen LogP contribution in [0.5, 0.6) is 5.75 Å². The van der Waals surface area contributed by atoms with Gasteiger partial charge >= 0.3 is 0 Å². The molecule has 0 aromatic heterocycles. The monoisotopic (exact) mass is 359 g/mol. The SMILES string of the molecule is CCCCCN1C(=O)C(O)=C(C(=O)CC(C)C)C1c1ccc(OC)cc1. The number of aliphatic hydroxyl groups excluding tert-OH is 1. The summed E-state index contributed by atoms with van der Waals surface area (Å²) in [6.07, 6.45) is 3.18. The van der Waals surface area contributed by atoms with Gasteiger partial charge in [0, 0.05) is 13.0 Å².